The summed E-state index contributed by atoms with van der Waals surface area (Å²) in [5.41, 5.74) is 1.88. The summed E-state index contributed by atoms with van der Waals surface area (Å²) in [5, 5.41) is 11.3. The third-order valence-corrected chi connectivity index (χ3v) is 7.25. The van der Waals surface area contributed by atoms with Gasteiger partial charge in [-0.15, -0.1) is 16.4 Å². The van der Waals surface area contributed by atoms with Crippen LogP contribution < -0.4 is 15.6 Å². The minimum absolute atomic E-state index is 0.0580. The molecule has 0 aliphatic carbocycles. The summed E-state index contributed by atoms with van der Waals surface area (Å²) in [6.07, 6.45) is 5.36. The molecule has 0 spiro atoms. The first-order valence-corrected chi connectivity index (χ1v) is 12.8. The third-order valence-electron chi connectivity index (χ3n) is 6.02. The minimum atomic E-state index is -0.217. The lowest BCUT2D eigenvalue weighted by Gasteiger charge is -2.30. The van der Waals surface area contributed by atoms with Crippen molar-refractivity contribution in [1.82, 2.24) is 29.8 Å². The van der Waals surface area contributed by atoms with Gasteiger partial charge in [-0.05, 0) is 50.2 Å². The van der Waals surface area contributed by atoms with Gasteiger partial charge >= 0.3 is 0 Å². The van der Waals surface area contributed by atoms with E-state index >= 15 is 0 Å². The van der Waals surface area contributed by atoms with Crippen molar-refractivity contribution >= 4 is 28.8 Å². The maximum absolute atomic E-state index is 12.4. The predicted molar refractivity (Wildman–Crippen MR) is 139 cm³/mol. The number of rotatable bonds is 7. The molecule has 0 saturated carbocycles. The summed E-state index contributed by atoms with van der Waals surface area (Å²) in [6, 6.07) is 14.0. The molecule has 1 N–H and O–H groups in total. The molecule has 186 valence electrons. The molecule has 0 radical (unpaired) electrons. The molecule has 36 heavy (non-hydrogen) atoms. The normalized spacial score (nSPS) is 14.6. The molecule has 11 heteroatoms. The number of hydrogen-bond donors (Lipinski definition) is 1. The van der Waals surface area contributed by atoms with E-state index in [-0.39, 0.29) is 24.1 Å². The van der Waals surface area contributed by atoms with Crippen LogP contribution in [-0.2, 0) is 6.54 Å². The maximum atomic E-state index is 12.4. The molecule has 4 heterocycles. The van der Waals surface area contributed by atoms with Gasteiger partial charge in [-0.1, -0.05) is 22.9 Å². The van der Waals surface area contributed by atoms with E-state index in [1.54, 1.807) is 39.8 Å². The summed E-state index contributed by atoms with van der Waals surface area (Å²) < 4.78 is 10.2. The van der Waals surface area contributed by atoms with E-state index in [2.05, 4.69) is 27.6 Å². The highest BCUT2D eigenvalue weighted by atomic mass is 35.5. The molecule has 1 aliphatic rings. The Kier molecular flexibility index (Phi) is 7.17. The van der Waals surface area contributed by atoms with Crippen LogP contribution in [0.4, 0.5) is 0 Å². The number of piperidine rings is 1. The van der Waals surface area contributed by atoms with Gasteiger partial charge in [-0.25, -0.2) is 4.68 Å². The van der Waals surface area contributed by atoms with Crippen molar-refractivity contribution in [2.45, 2.75) is 25.5 Å². The first-order chi connectivity index (χ1) is 17.5. The SMILES string of the molecule is CN1CCC(Oc2cc(-n3ccccc3=O)ccc2-n2cc(CNC(=O)c3ccc(Cl)s3)nn2)CC1. The zero-order valence-electron chi connectivity index (χ0n) is 19.6. The molecule has 1 saturated heterocycles. The van der Waals surface area contributed by atoms with Crippen LogP contribution in [-0.4, -0.2) is 56.6 Å². The average Bonchev–Trinajstić information content (AvgIpc) is 3.53. The Balaban J connectivity index is 1.39. The molecule has 0 unspecified atom stereocenters. The van der Waals surface area contributed by atoms with Crippen molar-refractivity contribution in [2.75, 3.05) is 20.1 Å². The number of pyridine rings is 1. The topological polar surface area (TPSA) is 94.3 Å². The first kappa shape index (κ1) is 24.2. The molecule has 0 atom stereocenters. The van der Waals surface area contributed by atoms with E-state index in [0.29, 0.717) is 32.0 Å². The van der Waals surface area contributed by atoms with Crippen LogP contribution >= 0.6 is 22.9 Å². The molecule has 0 bridgehead atoms. The zero-order chi connectivity index (χ0) is 25.1. The smallest absolute Gasteiger partial charge is 0.261 e. The fourth-order valence-electron chi connectivity index (χ4n) is 4.05. The molecule has 1 fully saturated rings. The lowest BCUT2D eigenvalue weighted by Crippen LogP contribution is -2.35. The molecule has 4 aromatic rings. The first-order valence-electron chi connectivity index (χ1n) is 11.6. The Morgan fingerprint density at radius 3 is 2.78 bits per heavy atom. The van der Waals surface area contributed by atoms with Crippen molar-refractivity contribution in [2.24, 2.45) is 0 Å². The molecular formula is C25H25ClN6O3S. The van der Waals surface area contributed by atoms with Crippen LogP contribution in [0.1, 0.15) is 28.2 Å². The number of carbonyl (C=O) groups excluding carboxylic acids is 1. The van der Waals surface area contributed by atoms with Gasteiger partial charge in [-0.3, -0.25) is 14.2 Å². The van der Waals surface area contributed by atoms with Crippen LogP contribution in [0.3, 0.4) is 0 Å². The van der Waals surface area contributed by atoms with Crippen LogP contribution in [0.5, 0.6) is 5.75 Å². The van der Waals surface area contributed by atoms with Crippen LogP contribution in [0.25, 0.3) is 11.4 Å². The second-order valence-corrected chi connectivity index (χ2v) is 10.3. The zero-order valence-corrected chi connectivity index (χ0v) is 21.2. The Bertz CT molecular complexity index is 1420. The highest BCUT2D eigenvalue weighted by molar-refractivity contribution is 7.17. The Morgan fingerprint density at radius 1 is 1.19 bits per heavy atom. The quantitative estimate of drug-likeness (QED) is 0.397. The van der Waals surface area contributed by atoms with Gasteiger partial charge in [0.05, 0.1) is 27.6 Å². The monoisotopic (exact) mass is 524 g/mol. The van der Waals surface area contributed by atoms with E-state index < -0.39 is 0 Å². The van der Waals surface area contributed by atoms with Crippen molar-refractivity contribution < 1.29 is 9.53 Å². The number of nitrogens with zero attached hydrogens (tertiary/aromatic N) is 5. The van der Waals surface area contributed by atoms with Gasteiger partial charge < -0.3 is 15.0 Å². The van der Waals surface area contributed by atoms with E-state index in [9.17, 15) is 9.59 Å². The summed E-state index contributed by atoms with van der Waals surface area (Å²) >= 11 is 7.14. The van der Waals surface area contributed by atoms with Crippen molar-refractivity contribution in [3.8, 4) is 17.1 Å². The molecule has 9 nitrogen and oxygen atoms in total. The summed E-state index contributed by atoms with van der Waals surface area (Å²) in [6.45, 7) is 2.14. The number of halogens is 1. The summed E-state index contributed by atoms with van der Waals surface area (Å²) in [4.78, 5) is 27.6. The number of ether oxygens (including phenoxy) is 1. The highest BCUT2D eigenvalue weighted by Gasteiger charge is 2.21. The van der Waals surface area contributed by atoms with Gasteiger partial charge in [0.15, 0.2) is 0 Å². The maximum Gasteiger partial charge on any atom is 0.261 e. The Labute approximate surface area is 216 Å². The fourth-order valence-corrected chi connectivity index (χ4v) is 5.01. The van der Waals surface area contributed by atoms with Crippen molar-refractivity contribution in [3.63, 3.8) is 0 Å². The number of carbonyl (C=O) groups is 1. The fraction of sp³-hybridized carbons (Fsp3) is 0.280. The van der Waals surface area contributed by atoms with E-state index in [1.807, 2.05) is 24.3 Å². The third kappa shape index (κ3) is 5.51. The lowest BCUT2D eigenvalue weighted by atomic mass is 10.1. The van der Waals surface area contributed by atoms with Gasteiger partial charge in [-0.2, -0.15) is 0 Å². The van der Waals surface area contributed by atoms with Gasteiger partial charge in [0.25, 0.3) is 11.5 Å². The summed E-state index contributed by atoms with van der Waals surface area (Å²) in [5.74, 6) is 0.400. The Morgan fingerprint density at radius 2 is 2.03 bits per heavy atom. The van der Waals surface area contributed by atoms with Crippen molar-refractivity contribution in [3.05, 3.63) is 86.2 Å². The van der Waals surface area contributed by atoms with E-state index in [1.165, 1.54) is 17.4 Å². The number of benzene rings is 1. The molecule has 1 amide bonds. The van der Waals surface area contributed by atoms with Gasteiger partial charge in [0, 0.05) is 31.4 Å². The number of likely N-dealkylation sites (tertiary alicyclic amines) is 1. The molecule has 1 aliphatic heterocycles. The lowest BCUT2D eigenvalue weighted by molar-refractivity contribution is 0.0954. The summed E-state index contributed by atoms with van der Waals surface area (Å²) in [7, 11) is 2.10. The second-order valence-electron chi connectivity index (χ2n) is 8.62. The van der Waals surface area contributed by atoms with Crippen LogP contribution in [0.15, 0.2) is 65.7 Å². The highest BCUT2D eigenvalue weighted by Crippen LogP contribution is 2.29. The largest absolute Gasteiger partial charge is 0.488 e. The molecule has 5 rings (SSSR count). The number of amides is 1. The Hall–Kier alpha value is -3.47. The minimum Gasteiger partial charge on any atom is -0.488 e. The molecule has 1 aromatic carbocycles. The number of thiophene rings is 1. The van der Waals surface area contributed by atoms with Gasteiger partial charge in [0.1, 0.15) is 23.2 Å². The standard InChI is InChI=1S/C25H25ClN6O3S/c1-30-12-9-19(10-13-30)35-21-14-18(31-11-3-2-4-24(31)33)5-6-20(21)32-16-17(28-29-32)15-27-25(34)22-7-8-23(26)36-22/h2-8,11,14,16,19H,9-10,12-13,15H2,1H3,(H,27,34). The number of hydrogen-bond acceptors (Lipinski definition) is 7. The average molecular weight is 525 g/mol. The van der Waals surface area contributed by atoms with Crippen molar-refractivity contribution in [1.29, 1.82) is 0 Å². The second kappa shape index (κ2) is 10.7. The van der Waals surface area contributed by atoms with E-state index in [4.69, 9.17) is 16.3 Å². The molecule has 3 aromatic heterocycles. The number of nitrogens with one attached hydrogen (secondary N) is 1. The van der Waals surface area contributed by atoms with Crippen LogP contribution in [0.2, 0.25) is 4.34 Å². The van der Waals surface area contributed by atoms with Crippen LogP contribution in [0, 0.1) is 0 Å². The number of aromatic nitrogens is 4. The molecular weight excluding hydrogens is 500 g/mol. The van der Waals surface area contributed by atoms with E-state index in [0.717, 1.165) is 25.9 Å². The van der Waals surface area contributed by atoms with Gasteiger partial charge in [0.2, 0.25) is 0 Å². The predicted octanol–water partition coefficient (Wildman–Crippen LogP) is 3.54.